The molecular formula is C16H22FN3O2. The summed E-state index contributed by atoms with van der Waals surface area (Å²) in [4.78, 5) is 27.6. The van der Waals surface area contributed by atoms with E-state index in [0.29, 0.717) is 13.1 Å². The average Bonchev–Trinajstić information content (AvgIpc) is 2.42. The number of hydrogen-bond acceptors (Lipinski definition) is 3. The second-order valence-electron chi connectivity index (χ2n) is 6.38. The molecule has 0 radical (unpaired) electrons. The molecule has 1 heterocycles. The van der Waals surface area contributed by atoms with Crippen LogP contribution in [0.3, 0.4) is 0 Å². The van der Waals surface area contributed by atoms with Gasteiger partial charge in [0.05, 0.1) is 6.04 Å². The maximum absolute atomic E-state index is 12.8. The minimum Gasteiger partial charge on any atom is -0.379 e. The van der Waals surface area contributed by atoms with Crippen LogP contribution in [0.2, 0.25) is 0 Å². The molecule has 1 aromatic rings. The topological polar surface area (TPSA) is 52.7 Å². The van der Waals surface area contributed by atoms with Gasteiger partial charge in [-0.1, -0.05) is 0 Å². The van der Waals surface area contributed by atoms with Gasteiger partial charge in [0.2, 0.25) is 11.8 Å². The van der Waals surface area contributed by atoms with Crippen molar-refractivity contribution < 1.29 is 14.0 Å². The minimum atomic E-state index is -1.05. The van der Waals surface area contributed by atoms with E-state index in [4.69, 9.17) is 0 Å². The van der Waals surface area contributed by atoms with E-state index in [2.05, 4.69) is 5.32 Å². The van der Waals surface area contributed by atoms with Crippen LogP contribution in [0.5, 0.6) is 0 Å². The molecule has 0 aromatic heterocycles. The first-order chi connectivity index (χ1) is 10.2. The Morgan fingerprint density at radius 3 is 2.27 bits per heavy atom. The third-order valence-electron chi connectivity index (χ3n) is 3.86. The molecule has 5 nitrogen and oxygen atoms in total. The molecular weight excluding hydrogens is 285 g/mol. The number of nitrogens with zero attached hydrogens (tertiary/aromatic N) is 2. The van der Waals surface area contributed by atoms with Gasteiger partial charge in [0.15, 0.2) is 0 Å². The smallest absolute Gasteiger partial charge is 0.237 e. The summed E-state index contributed by atoms with van der Waals surface area (Å²) in [6.07, 6.45) is 0. The second kappa shape index (κ2) is 5.94. The summed E-state index contributed by atoms with van der Waals surface area (Å²) >= 11 is 0. The summed E-state index contributed by atoms with van der Waals surface area (Å²) < 4.78 is 12.8. The number of carbonyl (C=O) groups excluding carboxylic acids is 2. The van der Waals surface area contributed by atoms with Crippen molar-refractivity contribution in [2.75, 3.05) is 32.5 Å². The van der Waals surface area contributed by atoms with Crippen LogP contribution in [0.4, 0.5) is 10.1 Å². The second-order valence-corrected chi connectivity index (χ2v) is 6.38. The van der Waals surface area contributed by atoms with Crippen LogP contribution in [0.25, 0.3) is 0 Å². The molecule has 1 aliphatic heterocycles. The fourth-order valence-electron chi connectivity index (χ4n) is 2.56. The predicted octanol–water partition coefficient (Wildman–Crippen LogP) is 1.56. The Balaban J connectivity index is 1.89. The van der Waals surface area contributed by atoms with E-state index >= 15 is 0 Å². The zero-order chi connectivity index (χ0) is 16.5. The Bertz CT molecular complexity index is 563. The summed E-state index contributed by atoms with van der Waals surface area (Å²) in [6, 6.07) is 6.24. The van der Waals surface area contributed by atoms with Crippen molar-refractivity contribution in [2.45, 2.75) is 19.9 Å². The largest absolute Gasteiger partial charge is 0.379 e. The van der Waals surface area contributed by atoms with Crippen LogP contribution >= 0.6 is 0 Å². The van der Waals surface area contributed by atoms with Crippen molar-refractivity contribution in [1.82, 2.24) is 9.80 Å². The van der Waals surface area contributed by atoms with Gasteiger partial charge in [-0.3, -0.25) is 9.59 Å². The maximum atomic E-state index is 12.8. The standard InChI is InChI=1S/C16H22FN3O2/c1-16(2,14(21)19(3)4)15(22)20-9-13(10-20)18-12-7-5-11(17)6-8-12/h5-8,13,18H,9-10H2,1-4H3. The van der Waals surface area contributed by atoms with Crippen molar-refractivity contribution in [3.63, 3.8) is 0 Å². The van der Waals surface area contributed by atoms with Crippen LogP contribution in [0, 0.1) is 11.2 Å². The number of nitrogens with one attached hydrogen (secondary N) is 1. The number of benzene rings is 1. The lowest BCUT2D eigenvalue weighted by Crippen LogP contribution is -2.61. The summed E-state index contributed by atoms with van der Waals surface area (Å²) in [5.74, 6) is -0.643. The van der Waals surface area contributed by atoms with Crippen molar-refractivity contribution >= 4 is 17.5 Å². The van der Waals surface area contributed by atoms with Gasteiger partial charge in [-0.2, -0.15) is 0 Å². The minimum absolute atomic E-state index is 0.125. The molecule has 1 saturated heterocycles. The van der Waals surface area contributed by atoms with E-state index in [-0.39, 0.29) is 23.7 Å². The lowest BCUT2D eigenvalue weighted by molar-refractivity contribution is -0.155. The molecule has 1 N–H and O–H groups in total. The van der Waals surface area contributed by atoms with Crippen LogP contribution in [-0.2, 0) is 9.59 Å². The number of amides is 2. The Morgan fingerprint density at radius 2 is 1.77 bits per heavy atom. The highest BCUT2D eigenvalue weighted by atomic mass is 19.1. The van der Waals surface area contributed by atoms with E-state index in [1.54, 1.807) is 45.0 Å². The number of carbonyl (C=O) groups is 2. The summed E-state index contributed by atoms with van der Waals surface area (Å²) in [5.41, 5.74) is -0.230. The molecule has 0 bridgehead atoms. The Hall–Kier alpha value is -2.11. The highest BCUT2D eigenvalue weighted by Crippen LogP contribution is 2.25. The zero-order valence-corrected chi connectivity index (χ0v) is 13.4. The summed E-state index contributed by atoms with van der Waals surface area (Å²) in [5, 5.41) is 3.24. The number of halogens is 1. The molecule has 1 fully saturated rings. The van der Waals surface area contributed by atoms with Gasteiger partial charge in [0.1, 0.15) is 11.2 Å². The molecule has 0 unspecified atom stereocenters. The van der Waals surface area contributed by atoms with E-state index in [0.717, 1.165) is 5.69 Å². The summed E-state index contributed by atoms with van der Waals surface area (Å²) in [6.45, 7) is 4.39. The molecule has 1 aromatic carbocycles. The summed E-state index contributed by atoms with van der Waals surface area (Å²) in [7, 11) is 3.29. The lowest BCUT2D eigenvalue weighted by Gasteiger charge is -2.43. The van der Waals surface area contributed by atoms with E-state index in [1.165, 1.54) is 17.0 Å². The molecule has 22 heavy (non-hydrogen) atoms. The average molecular weight is 307 g/mol. The Kier molecular flexibility index (Phi) is 4.39. The number of hydrogen-bond donors (Lipinski definition) is 1. The molecule has 6 heteroatoms. The van der Waals surface area contributed by atoms with Gasteiger partial charge in [-0.15, -0.1) is 0 Å². The first kappa shape index (κ1) is 16.3. The van der Waals surface area contributed by atoms with Crippen LogP contribution in [0.15, 0.2) is 24.3 Å². The van der Waals surface area contributed by atoms with Gasteiger partial charge in [-0.05, 0) is 38.1 Å². The number of likely N-dealkylation sites (tertiary alicyclic amines) is 1. The van der Waals surface area contributed by atoms with Crippen LogP contribution in [0.1, 0.15) is 13.8 Å². The number of rotatable bonds is 4. The lowest BCUT2D eigenvalue weighted by atomic mass is 9.88. The Morgan fingerprint density at radius 1 is 1.23 bits per heavy atom. The molecule has 2 amide bonds. The fraction of sp³-hybridized carbons (Fsp3) is 0.500. The van der Waals surface area contributed by atoms with Gasteiger partial charge >= 0.3 is 0 Å². The molecule has 0 spiro atoms. The normalized spacial score (nSPS) is 15.2. The maximum Gasteiger partial charge on any atom is 0.237 e. The zero-order valence-electron chi connectivity index (χ0n) is 13.4. The van der Waals surface area contributed by atoms with Crippen molar-refractivity contribution in [2.24, 2.45) is 5.41 Å². The van der Waals surface area contributed by atoms with E-state index in [1.807, 2.05) is 0 Å². The van der Waals surface area contributed by atoms with Gasteiger partial charge in [0.25, 0.3) is 0 Å². The SMILES string of the molecule is CN(C)C(=O)C(C)(C)C(=O)N1CC(Nc2ccc(F)cc2)C1. The van der Waals surface area contributed by atoms with Crippen LogP contribution < -0.4 is 5.32 Å². The van der Waals surface area contributed by atoms with E-state index < -0.39 is 5.41 Å². The molecule has 120 valence electrons. The molecule has 0 aliphatic carbocycles. The monoisotopic (exact) mass is 307 g/mol. The number of anilines is 1. The molecule has 2 rings (SSSR count). The van der Waals surface area contributed by atoms with Gasteiger partial charge in [-0.25, -0.2) is 4.39 Å². The third kappa shape index (κ3) is 3.21. The molecule has 1 aliphatic rings. The molecule has 0 saturated carbocycles. The van der Waals surface area contributed by atoms with Crippen molar-refractivity contribution in [3.8, 4) is 0 Å². The van der Waals surface area contributed by atoms with Crippen LogP contribution in [-0.4, -0.2) is 54.8 Å². The van der Waals surface area contributed by atoms with Crippen molar-refractivity contribution in [1.29, 1.82) is 0 Å². The Labute approximate surface area is 130 Å². The fourth-order valence-corrected chi connectivity index (χ4v) is 2.56. The molecule has 0 atom stereocenters. The highest BCUT2D eigenvalue weighted by molar-refractivity contribution is 6.04. The third-order valence-corrected chi connectivity index (χ3v) is 3.86. The highest BCUT2D eigenvalue weighted by Gasteiger charge is 2.44. The van der Waals surface area contributed by atoms with Gasteiger partial charge in [0, 0.05) is 32.9 Å². The van der Waals surface area contributed by atoms with Crippen molar-refractivity contribution in [3.05, 3.63) is 30.1 Å². The first-order valence-corrected chi connectivity index (χ1v) is 7.25. The quantitative estimate of drug-likeness (QED) is 0.859. The predicted molar refractivity (Wildman–Crippen MR) is 82.9 cm³/mol. The van der Waals surface area contributed by atoms with E-state index in [9.17, 15) is 14.0 Å². The van der Waals surface area contributed by atoms with Gasteiger partial charge < -0.3 is 15.1 Å². The first-order valence-electron chi connectivity index (χ1n) is 7.25.